The van der Waals surface area contributed by atoms with Gasteiger partial charge in [-0.3, -0.25) is 20.2 Å². The second-order valence-corrected chi connectivity index (χ2v) is 4.70. The fraction of sp³-hybridized carbons (Fsp3) is 0.154. The summed E-state index contributed by atoms with van der Waals surface area (Å²) in [5.74, 6) is -0.993. The van der Waals surface area contributed by atoms with Gasteiger partial charge in [-0.25, -0.2) is 14.8 Å². The molecule has 1 N–H and O–H groups in total. The number of fused-ring (bicyclic) bond motifs is 3. The molecule has 0 aliphatic rings. The Balaban J connectivity index is 2.34. The van der Waals surface area contributed by atoms with Crippen LogP contribution < -0.4 is 0 Å². The van der Waals surface area contributed by atoms with E-state index in [-0.39, 0.29) is 28.9 Å². The Morgan fingerprint density at radius 1 is 1.29 bits per heavy atom. The Labute approximate surface area is 132 Å². The molecule has 11 nitrogen and oxygen atoms in total. The molecule has 122 valence electrons. The van der Waals surface area contributed by atoms with Gasteiger partial charge in [-0.05, 0) is 6.92 Å². The SMILES string of the molecule is CCOC(=O)c1ncc2[nH]c3c([N+](=O)[O-])cc([N+](=O)[O-])cc3c2n1. The molecule has 24 heavy (non-hydrogen) atoms. The molecule has 0 saturated heterocycles. The van der Waals surface area contributed by atoms with Crippen LogP contribution >= 0.6 is 0 Å². The zero-order chi connectivity index (χ0) is 17.4. The van der Waals surface area contributed by atoms with Gasteiger partial charge in [-0.1, -0.05) is 0 Å². The van der Waals surface area contributed by atoms with E-state index >= 15 is 0 Å². The molecule has 2 heterocycles. The molecule has 0 radical (unpaired) electrons. The first-order chi connectivity index (χ1) is 11.4. The third-order valence-corrected chi connectivity index (χ3v) is 3.27. The number of aromatic amines is 1. The minimum absolute atomic E-state index is 0.0657. The molecular formula is C13H9N5O6. The molecule has 0 aliphatic heterocycles. The molecular weight excluding hydrogens is 322 g/mol. The van der Waals surface area contributed by atoms with E-state index in [9.17, 15) is 25.0 Å². The molecule has 0 saturated carbocycles. The topological polar surface area (TPSA) is 154 Å². The lowest BCUT2D eigenvalue weighted by Gasteiger charge is -1.99. The monoisotopic (exact) mass is 331 g/mol. The van der Waals surface area contributed by atoms with Gasteiger partial charge in [0, 0.05) is 11.5 Å². The predicted octanol–water partition coefficient (Wildman–Crippen LogP) is 2.10. The lowest BCUT2D eigenvalue weighted by molar-refractivity contribution is -0.393. The molecule has 1 aromatic carbocycles. The van der Waals surface area contributed by atoms with Gasteiger partial charge in [0.1, 0.15) is 11.0 Å². The largest absolute Gasteiger partial charge is 0.460 e. The zero-order valence-electron chi connectivity index (χ0n) is 12.2. The van der Waals surface area contributed by atoms with Crippen LogP contribution in [-0.4, -0.2) is 37.4 Å². The van der Waals surface area contributed by atoms with Crippen molar-refractivity contribution in [2.24, 2.45) is 0 Å². The molecule has 0 atom stereocenters. The van der Waals surface area contributed by atoms with Gasteiger partial charge in [0.15, 0.2) is 0 Å². The number of hydrogen-bond acceptors (Lipinski definition) is 8. The van der Waals surface area contributed by atoms with Crippen LogP contribution in [0.15, 0.2) is 18.3 Å². The maximum absolute atomic E-state index is 11.7. The second kappa shape index (κ2) is 5.53. The third kappa shape index (κ3) is 2.37. The maximum Gasteiger partial charge on any atom is 0.376 e. The fourth-order valence-corrected chi connectivity index (χ4v) is 2.29. The summed E-state index contributed by atoms with van der Waals surface area (Å²) in [6.07, 6.45) is 1.27. The Kier molecular flexibility index (Phi) is 3.52. The average Bonchev–Trinajstić information content (AvgIpc) is 2.91. The first-order valence-corrected chi connectivity index (χ1v) is 6.70. The van der Waals surface area contributed by atoms with Crippen LogP contribution in [0.25, 0.3) is 21.9 Å². The number of carbonyl (C=O) groups is 1. The lowest BCUT2D eigenvalue weighted by Crippen LogP contribution is -2.09. The number of nitrogens with zero attached hydrogens (tertiary/aromatic N) is 4. The Bertz CT molecular complexity index is 1010. The number of aromatic nitrogens is 3. The van der Waals surface area contributed by atoms with E-state index in [1.54, 1.807) is 6.92 Å². The van der Waals surface area contributed by atoms with Crippen LogP contribution in [0.5, 0.6) is 0 Å². The van der Waals surface area contributed by atoms with Gasteiger partial charge < -0.3 is 9.72 Å². The minimum atomic E-state index is -0.756. The van der Waals surface area contributed by atoms with Gasteiger partial charge in [0.05, 0.1) is 34.2 Å². The number of hydrogen-bond donors (Lipinski definition) is 1. The van der Waals surface area contributed by atoms with Crippen molar-refractivity contribution in [3.8, 4) is 0 Å². The predicted molar refractivity (Wildman–Crippen MR) is 80.7 cm³/mol. The van der Waals surface area contributed by atoms with Crippen LogP contribution in [0.1, 0.15) is 17.5 Å². The van der Waals surface area contributed by atoms with E-state index in [1.807, 2.05) is 0 Å². The summed E-state index contributed by atoms with van der Waals surface area (Å²) in [4.78, 5) is 43.0. The van der Waals surface area contributed by atoms with Gasteiger partial charge in [-0.2, -0.15) is 0 Å². The van der Waals surface area contributed by atoms with Gasteiger partial charge in [0.25, 0.3) is 11.4 Å². The summed E-state index contributed by atoms with van der Waals surface area (Å²) < 4.78 is 4.80. The van der Waals surface area contributed by atoms with Crippen molar-refractivity contribution in [2.75, 3.05) is 6.61 Å². The third-order valence-electron chi connectivity index (χ3n) is 3.27. The van der Waals surface area contributed by atoms with E-state index in [0.29, 0.717) is 5.52 Å². The van der Waals surface area contributed by atoms with E-state index in [1.165, 1.54) is 6.20 Å². The van der Waals surface area contributed by atoms with Crippen LogP contribution in [0.2, 0.25) is 0 Å². The van der Waals surface area contributed by atoms with Crippen LogP contribution in [0.4, 0.5) is 11.4 Å². The van der Waals surface area contributed by atoms with Crippen LogP contribution in [0, 0.1) is 20.2 Å². The summed E-state index contributed by atoms with van der Waals surface area (Å²) in [7, 11) is 0. The van der Waals surface area contributed by atoms with Crippen molar-refractivity contribution in [1.82, 2.24) is 15.0 Å². The molecule has 0 bridgehead atoms. The van der Waals surface area contributed by atoms with Crippen molar-refractivity contribution in [2.45, 2.75) is 6.92 Å². The number of nitro benzene ring substituents is 2. The second-order valence-electron chi connectivity index (χ2n) is 4.70. The number of nitro groups is 2. The normalized spacial score (nSPS) is 10.9. The molecule has 0 aliphatic carbocycles. The standard InChI is InChI=1S/C13H9N5O6/c1-2-24-13(19)12-14-5-8-10(16-12)7-3-6(17(20)21)4-9(18(22)23)11(7)15-8/h3-5,15H,2H2,1H3. The molecule has 11 heteroatoms. The van der Waals surface area contributed by atoms with E-state index in [0.717, 1.165) is 12.1 Å². The molecule has 3 rings (SSSR count). The number of non-ortho nitro benzene ring substituents is 2. The highest BCUT2D eigenvalue weighted by atomic mass is 16.6. The number of esters is 1. The minimum Gasteiger partial charge on any atom is -0.460 e. The maximum atomic E-state index is 11.7. The molecule has 3 aromatic rings. The first-order valence-electron chi connectivity index (χ1n) is 6.70. The Hall–Kier alpha value is -3.63. The van der Waals surface area contributed by atoms with E-state index in [2.05, 4.69) is 15.0 Å². The Morgan fingerprint density at radius 2 is 2.04 bits per heavy atom. The Morgan fingerprint density at radius 3 is 2.67 bits per heavy atom. The van der Waals surface area contributed by atoms with Gasteiger partial charge >= 0.3 is 5.97 Å². The molecule has 0 amide bonds. The number of nitrogens with one attached hydrogen (secondary N) is 1. The lowest BCUT2D eigenvalue weighted by atomic mass is 10.2. The summed E-state index contributed by atoms with van der Waals surface area (Å²) in [5.41, 5.74) is -0.381. The number of ether oxygens (including phenoxy) is 1. The van der Waals surface area contributed by atoms with Crippen molar-refractivity contribution in [3.63, 3.8) is 0 Å². The molecule has 0 unspecified atom stereocenters. The van der Waals surface area contributed by atoms with Gasteiger partial charge in [0.2, 0.25) is 5.82 Å². The number of benzene rings is 1. The van der Waals surface area contributed by atoms with Gasteiger partial charge in [-0.15, -0.1) is 0 Å². The van der Waals surface area contributed by atoms with Crippen molar-refractivity contribution < 1.29 is 19.4 Å². The van der Waals surface area contributed by atoms with Crippen LogP contribution in [-0.2, 0) is 4.74 Å². The van der Waals surface area contributed by atoms with Crippen molar-refractivity contribution in [1.29, 1.82) is 0 Å². The van der Waals surface area contributed by atoms with E-state index < -0.39 is 27.2 Å². The van der Waals surface area contributed by atoms with Crippen molar-refractivity contribution >= 4 is 39.3 Å². The first kappa shape index (κ1) is 15.3. The fourth-order valence-electron chi connectivity index (χ4n) is 2.29. The number of H-pyrrole nitrogens is 1. The summed E-state index contributed by atoms with van der Waals surface area (Å²) in [6.45, 7) is 1.75. The summed E-state index contributed by atoms with van der Waals surface area (Å²) in [6, 6.07) is 2.01. The highest BCUT2D eigenvalue weighted by Gasteiger charge is 2.24. The molecule has 0 fully saturated rings. The summed E-state index contributed by atoms with van der Waals surface area (Å²) in [5, 5.41) is 22.3. The average molecular weight is 331 g/mol. The zero-order valence-corrected chi connectivity index (χ0v) is 12.2. The smallest absolute Gasteiger partial charge is 0.376 e. The molecule has 2 aromatic heterocycles. The van der Waals surface area contributed by atoms with Crippen molar-refractivity contribution in [3.05, 3.63) is 44.4 Å². The molecule has 0 spiro atoms. The number of rotatable bonds is 4. The highest BCUT2D eigenvalue weighted by molar-refractivity contribution is 6.09. The highest BCUT2D eigenvalue weighted by Crippen LogP contribution is 2.34. The quantitative estimate of drug-likeness (QED) is 0.433. The van der Waals surface area contributed by atoms with E-state index in [4.69, 9.17) is 4.74 Å². The van der Waals surface area contributed by atoms with Crippen LogP contribution in [0.3, 0.4) is 0 Å². The number of carbonyl (C=O) groups excluding carboxylic acids is 1. The summed E-state index contributed by atoms with van der Waals surface area (Å²) >= 11 is 0.